The molecule has 0 unspecified atom stereocenters. The quantitative estimate of drug-likeness (QED) is 0.333. The molecule has 0 saturated heterocycles. The number of amides is 2. The molecule has 0 spiro atoms. The SMILES string of the molecule is COc1ccc(NC(=O)CSc2nccn2-c2ccc(C(=O)NCc3ccccc3F)cc2)cc1. The Hall–Kier alpha value is -4.11. The zero-order valence-electron chi connectivity index (χ0n) is 18.9. The van der Waals surface area contributed by atoms with E-state index in [1.165, 1.54) is 17.8 Å². The molecule has 1 aromatic heterocycles. The molecular weight excluding hydrogens is 467 g/mol. The molecule has 0 radical (unpaired) electrons. The highest BCUT2D eigenvalue weighted by Crippen LogP contribution is 2.22. The fraction of sp³-hybridized carbons (Fsp3) is 0.115. The van der Waals surface area contributed by atoms with Crippen LogP contribution in [0.2, 0.25) is 0 Å². The molecule has 0 atom stereocenters. The highest BCUT2D eigenvalue weighted by atomic mass is 32.2. The molecule has 35 heavy (non-hydrogen) atoms. The first-order valence-corrected chi connectivity index (χ1v) is 11.7. The van der Waals surface area contributed by atoms with Gasteiger partial charge in [0.05, 0.1) is 12.9 Å². The maximum Gasteiger partial charge on any atom is 0.251 e. The molecule has 0 aliphatic rings. The van der Waals surface area contributed by atoms with Gasteiger partial charge in [0.15, 0.2) is 5.16 Å². The van der Waals surface area contributed by atoms with Gasteiger partial charge in [0.2, 0.25) is 5.91 Å². The van der Waals surface area contributed by atoms with Crippen molar-refractivity contribution in [1.82, 2.24) is 14.9 Å². The molecule has 4 rings (SSSR count). The Balaban J connectivity index is 1.33. The van der Waals surface area contributed by atoms with Crippen LogP contribution in [0.25, 0.3) is 5.69 Å². The van der Waals surface area contributed by atoms with Gasteiger partial charge >= 0.3 is 0 Å². The average molecular weight is 491 g/mol. The van der Waals surface area contributed by atoms with Crippen LogP contribution in [0.4, 0.5) is 10.1 Å². The summed E-state index contributed by atoms with van der Waals surface area (Å²) in [6, 6.07) is 20.4. The molecule has 2 amide bonds. The normalized spacial score (nSPS) is 10.6. The van der Waals surface area contributed by atoms with Gasteiger partial charge in [-0.05, 0) is 54.6 Å². The Bertz CT molecular complexity index is 1310. The number of thioether (sulfide) groups is 1. The van der Waals surface area contributed by atoms with E-state index in [1.54, 1.807) is 86.2 Å². The predicted molar refractivity (Wildman–Crippen MR) is 133 cm³/mol. The smallest absolute Gasteiger partial charge is 0.251 e. The molecule has 0 bridgehead atoms. The van der Waals surface area contributed by atoms with Crippen LogP contribution in [0.5, 0.6) is 5.75 Å². The van der Waals surface area contributed by atoms with Crippen molar-refractivity contribution in [3.8, 4) is 11.4 Å². The number of carbonyl (C=O) groups excluding carboxylic acids is 2. The molecule has 3 aromatic carbocycles. The van der Waals surface area contributed by atoms with Gasteiger partial charge in [0, 0.05) is 41.4 Å². The lowest BCUT2D eigenvalue weighted by Gasteiger charge is -2.10. The number of aromatic nitrogens is 2. The third-order valence-electron chi connectivity index (χ3n) is 5.12. The van der Waals surface area contributed by atoms with E-state index in [0.717, 1.165) is 5.69 Å². The van der Waals surface area contributed by atoms with Crippen LogP contribution in [0.1, 0.15) is 15.9 Å². The number of nitrogens with one attached hydrogen (secondary N) is 2. The van der Waals surface area contributed by atoms with Crippen LogP contribution in [-0.2, 0) is 11.3 Å². The minimum atomic E-state index is -0.356. The Morgan fingerprint density at radius 3 is 2.49 bits per heavy atom. The van der Waals surface area contributed by atoms with Crippen molar-refractivity contribution in [1.29, 1.82) is 0 Å². The number of hydrogen-bond acceptors (Lipinski definition) is 5. The standard InChI is InChI=1S/C26H23FN4O3S/c1-34-22-12-8-20(9-13-22)30-24(32)17-35-26-28-14-15-31(26)21-10-6-18(7-11-21)25(33)29-16-19-4-2-3-5-23(19)27/h2-15H,16-17H2,1H3,(H,29,33)(H,30,32). The van der Waals surface area contributed by atoms with Gasteiger partial charge in [-0.25, -0.2) is 9.37 Å². The minimum Gasteiger partial charge on any atom is -0.497 e. The summed E-state index contributed by atoms with van der Waals surface area (Å²) in [6.45, 7) is 0.105. The number of hydrogen-bond donors (Lipinski definition) is 2. The summed E-state index contributed by atoms with van der Waals surface area (Å²) in [5.74, 6) is 0.0883. The number of benzene rings is 3. The van der Waals surface area contributed by atoms with Crippen LogP contribution in [0, 0.1) is 5.82 Å². The number of halogens is 1. The third kappa shape index (κ3) is 6.27. The summed E-state index contributed by atoms with van der Waals surface area (Å²) in [7, 11) is 1.59. The van der Waals surface area contributed by atoms with E-state index in [0.29, 0.717) is 27.7 Å². The third-order valence-corrected chi connectivity index (χ3v) is 6.08. The van der Waals surface area contributed by atoms with Crippen LogP contribution in [0.3, 0.4) is 0 Å². The first kappa shape index (κ1) is 24.0. The van der Waals surface area contributed by atoms with Crippen molar-refractivity contribution in [3.05, 3.63) is 102 Å². The summed E-state index contributed by atoms with van der Waals surface area (Å²) >= 11 is 1.30. The second-order valence-electron chi connectivity index (χ2n) is 7.47. The van der Waals surface area contributed by atoms with Crippen molar-refractivity contribution < 1.29 is 18.7 Å². The largest absolute Gasteiger partial charge is 0.497 e. The van der Waals surface area contributed by atoms with Crippen LogP contribution in [0.15, 0.2) is 90.3 Å². The Labute approximate surface area is 206 Å². The minimum absolute atomic E-state index is 0.105. The zero-order chi connectivity index (χ0) is 24.6. The molecule has 0 saturated carbocycles. The van der Waals surface area contributed by atoms with Crippen molar-refractivity contribution in [2.45, 2.75) is 11.7 Å². The lowest BCUT2D eigenvalue weighted by molar-refractivity contribution is -0.113. The van der Waals surface area contributed by atoms with Gasteiger partial charge in [0.25, 0.3) is 5.91 Å². The molecule has 1 heterocycles. The number of ether oxygens (including phenoxy) is 1. The fourth-order valence-electron chi connectivity index (χ4n) is 3.29. The summed E-state index contributed by atoms with van der Waals surface area (Å²) in [5.41, 5.74) is 2.36. The van der Waals surface area contributed by atoms with E-state index in [4.69, 9.17) is 4.74 Å². The lowest BCUT2D eigenvalue weighted by Crippen LogP contribution is -2.23. The zero-order valence-corrected chi connectivity index (χ0v) is 19.7. The summed E-state index contributed by atoms with van der Waals surface area (Å²) in [5, 5.41) is 6.21. The molecule has 0 aliphatic heterocycles. The van der Waals surface area contributed by atoms with Gasteiger partial charge in [-0.1, -0.05) is 30.0 Å². The number of methoxy groups -OCH3 is 1. The number of nitrogens with zero attached hydrogens (tertiary/aromatic N) is 2. The second kappa shape index (κ2) is 11.3. The number of imidazole rings is 1. The number of anilines is 1. The van der Waals surface area contributed by atoms with Gasteiger partial charge in [-0.15, -0.1) is 0 Å². The molecule has 4 aromatic rings. The first-order chi connectivity index (χ1) is 17.0. The molecule has 7 nitrogen and oxygen atoms in total. The van der Waals surface area contributed by atoms with Crippen LogP contribution >= 0.6 is 11.8 Å². The van der Waals surface area contributed by atoms with Crippen LogP contribution < -0.4 is 15.4 Å². The second-order valence-corrected chi connectivity index (χ2v) is 8.41. The van der Waals surface area contributed by atoms with E-state index < -0.39 is 0 Å². The Morgan fingerprint density at radius 1 is 1.03 bits per heavy atom. The maximum absolute atomic E-state index is 13.7. The van der Waals surface area contributed by atoms with E-state index in [2.05, 4.69) is 15.6 Å². The lowest BCUT2D eigenvalue weighted by atomic mass is 10.1. The van der Waals surface area contributed by atoms with Crippen LogP contribution in [-0.4, -0.2) is 34.2 Å². The molecule has 178 valence electrons. The molecule has 9 heteroatoms. The van der Waals surface area contributed by atoms with Crippen molar-refractivity contribution >= 4 is 29.3 Å². The van der Waals surface area contributed by atoms with E-state index in [-0.39, 0.29) is 29.9 Å². The van der Waals surface area contributed by atoms with Gasteiger partial charge in [-0.3, -0.25) is 14.2 Å². The average Bonchev–Trinajstić information content (AvgIpc) is 3.36. The highest BCUT2D eigenvalue weighted by Gasteiger charge is 2.11. The topological polar surface area (TPSA) is 85.2 Å². The van der Waals surface area contributed by atoms with Crippen molar-refractivity contribution in [2.24, 2.45) is 0 Å². The van der Waals surface area contributed by atoms with E-state index in [9.17, 15) is 14.0 Å². The summed E-state index contributed by atoms with van der Waals surface area (Å²) in [6.07, 6.45) is 3.44. The number of rotatable bonds is 9. The van der Waals surface area contributed by atoms with E-state index >= 15 is 0 Å². The number of carbonyl (C=O) groups is 2. The Morgan fingerprint density at radius 2 is 1.77 bits per heavy atom. The first-order valence-electron chi connectivity index (χ1n) is 10.8. The van der Waals surface area contributed by atoms with Gasteiger partial charge in [-0.2, -0.15) is 0 Å². The molecule has 0 aliphatic carbocycles. The van der Waals surface area contributed by atoms with Crippen molar-refractivity contribution in [2.75, 3.05) is 18.2 Å². The fourth-order valence-corrected chi connectivity index (χ4v) is 4.06. The Kier molecular flexibility index (Phi) is 7.79. The predicted octanol–water partition coefficient (Wildman–Crippen LogP) is 4.68. The van der Waals surface area contributed by atoms with Gasteiger partial charge in [0.1, 0.15) is 11.6 Å². The summed E-state index contributed by atoms with van der Waals surface area (Å²) < 4.78 is 20.7. The maximum atomic E-state index is 13.7. The molecular formula is C26H23FN4O3S. The van der Waals surface area contributed by atoms with E-state index in [1.807, 2.05) is 4.57 Å². The van der Waals surface area contributed by atoms with Gasteiger partial charge < -0.3 is 15.4 Å². The highest BCUT2D eigenvalue weighted by molar-refractivity contribution is 7.99. The monoisotopic (exact) mass is 490 g/mol. The molecule has 2 N–H and O–H groups in total. The summed E-state index contributed by atoms with van der Waals surface area (Å²) in [4.78, 5) is 29.1. The molecule has 0 fully saturated rings. The van der Waals surface area contributed by atoms with Crippen molar-refractivity contribution in [3.63, 3.8) is 0 Å².